The maximum atomic E-state index is 13.0. The SMILES string of the molecule is CC(C)n1cc2c3c(cccc31)C1=C[C@@H](C(=O)O[C@H]3CC[C@H](O)CC3)CN(C)[C@@H]1C2. The molecule has 5 rings (SSSR count). The van der Waals surface area contributed by atoms with Crippen molar-refractivity contribution in [2.45, 2.75) is 70.2 Å². The number of carbonyl (C=O) groups excluding carboxylic acids is 1. The number of ether oxygens (including phenoxy) is 1. The number of aromatic nitrogens is 1. The van der Waals surface area contributed by atoms with Crippen LogP contribution in [0.1, 0.15) is 56.7 Å². The molecule has 1 N–H and O–H groups in total. The normalized spacial score (nSPS) is 29.0. The molecule has 0 saturated heterocycles. The summed E-state index contributed by atoms with van der Waals surface area (Å²) in [4.78, 5) is 15.3. The first kappa shape index (κ1) is 19.8. The highest BCUT2D eigenvalue weighted by Gasteiger charge is 2.37. The van der Waals surface area contributed by atoms with Gasteiger partial charge in [-0.05, 0) is 75.8 Å². The lowest BCUT2D eigenvalue weighted by Gasteiger charge is -2.39. The molecule has 1 fully saturated rings. The molecule has 5 nitrogen and oxygen atoms in total. The summed E-state index contributed by atoms with van der Waals surface area (Å²) in [5.41, 5.74) is 5.22. The van der Waals surface area contributed by atoms with Gasteiger partial charge < -0.3 is 14.4 Å². The molecule has 1 aromatic heterocycles. The highest BCUT2D eigenvalue weighted by molar-refractivity contribution is 5.99. The lowest BCUT2D eigenvalue weighted by atomic mass is 9.80. The van der Waals surface area contributed by atoms with Crippen LogP contribution in [0.25, 0.3) is 16.5 Å². The fraction of sp³-hybridized carbons (Fsp3) is 0.560. The smallest absolute Gasteiger partial charge is 0.314 e. The van der Waals surface area contributed by atoms with E-state index in [1.807, 2.05) is 0 Å². The fourth-order valence-electron chi connectivity index (χ4n) is 5.57. The van der Waals surface area contributed by atoms with Gasteiger partial charge in [0.05, 0.1) is 12.0 Å². The number of likely N-dealkylation sites (N-methyl/N-ethyl adjacent to an activating group) is 1. The van der Waals surface area contributed by atoms with Gasteiger partial charge in [0.15, 0.2) is 0 Å². The number of aliphatic hydroxyl groups is 1. The monoisotopic (exact) mass is 408 g/mol. The third-order valence-electron chi connectivity index (χ3n) is 7.20. The predicted molar refractivity (Wildman–Crippen MR) is 118 cm³/mol. The van der Waals surface area contributed by atoms with Gasteiger partial charge in [-0.2, -0.15) is 0 Å². The second-order valence-corrected chi connectivity index (χ2v) is 9.61. The Hall–Kier alpha value is -2.11. The molecule has 0 spiro atoms. The molecule has 0 radical (unpaired) electrons. The zero-order chi connectivity index (χ0) is 21.0. The molecule has 1 saturated carbocycles. The van der Waals surface area contributed by atoms with E-state index in [2.05, 4.69) is 60.8 Å². The Kier molecular flexibility index (Phi) is 4.98. The van der Waals surface area contributed by atoms with Crippen LogP contribution in [0.5, 0.6) is 0 Å². The van der Waals surface area contributed by atoms with Crippen LogP contribution in [0.2, 0.25) is 0 Å². The van der Waals surface area contributed by atoms with Gasteiger partial charge in [-0.1, -0.05) is 18.2 Å². The predicted octanol–water partition coefficient (Wildman–Crippen LogP) is 3.94. The largest absolute Gasteiger partial charge is 0.462 e. The maximum Gasteiger partial charge on any atom is 0.314 e. The summed E-state index contributed by atoms with van der Waals surface area (Å²) in [7, 11) is 2.12. The molecule has 0 bridgehead atoms. The summed E-state index contributed by atoms with van der Waals surface area (Å²) in [6.45, 7) is 5.14. The molecular weight excluding hydrogens is 376 g/mol. The van der Waals surface area contributed by atoms with Crippen molar-refractivity contribution in [2.75, 3.05) is 13.6 Å². The molecule has 160 valence electrons. The molecule has 2 aliphatic carbocycles. The van der Waals surface area contributed by atoms with Crippen molar-refractivity contribution >= 4 is 22.4 Å². The van der Waals surface area contributed by atoms with E-state index in [1.54, 1.807) is 0 Å². The van der Waals surface area contributed by atoms with Crippen LogP contribution in [-0.2, 0) is 16.0 Å². The van der Waals surface area contributed by atoms with E-state index < -0.39 is 0 Å². The van der Waals surface area contributed by atoms with E-state index >= 15 is 0 Å². The lowest BCUT2D eigenvalue weighted by molar-refractivity contribution is -0.155. The summed E-state index contributed by atoms with van der Waals surface area (Å²) in [5.74, 6) is -0.357. The number of hydrogen-bond donors (Lipinski definition) is 1. The Balaban J connectivity index is 1.47. The summed E-state index contributed by atoms with van der Waals surface area (Å²) < 4.78 is 8.23. The van der Waals surface area contributed by atoms with E-state index in [0.717, 1.165) is 32.1 Å². The van der Waals surface area contributed by atoms with Crippen LogP contribution >= 0.6 is 0 Å². The van der Waals surface area contributed by atoms with Gasteiger partial charge in [-0.25, -0.2) is 0 Å². The van der Waals surface area contributed by atoms with Crippen molar-refractivity contribution in [2.24, 2.45) is 5.92 Å². The molecule has 30 heavy (non-hydrogen) atoms. The quantitative estimate of drug-likeness (QED) is 0.782. The molecule has 1 aliphatic heterocycles. The summed E-state index contributed by atoms with van der Waals surface area (Å²) in [5, 5.41) is 11.0. The summed E-state index contributed by atoms with van der Waals surface area (Å²) in [6.07, 6.45) is 8.17. The summed E-state index contributed by atoms with van der Waals surface area (Å²) in [6, 6.07) is 7.27. The van der Waals surface area contributed by atoms with Crippen molar-refractivity contribution in [3.8, 4) is 0 Å². The number of esters is 1. The Morgan fingerprint density at radius 2 is 1.97 bits per heavy atom. The van der Waals surface area contributed by atoms with Crippen molar-refractivity contribution in [1.29, 1.82) is 0 Å². The first-order valence-electron chi connectivity index (χ1n) is 11.4. The molecular formula is C25H32N2O3. The van der Waals surface area contributed by atoms with Crippen molar-refractivity contribution < 1.29 is 14.6 Å². The average molecular weight is 409 g/mol. The fourth-order valence-corrected chi connectivity index (χ4v) is 5.57. The molecule has 5 heteroatoms. The van der Waals surface area contributed by atoms with E-state index in [0.29, 0.717) is 18.6 Å². The van der Waals surface area contributed by atoms with Gasteiger partial charge in [0.2, 0.25) is 0 Å². The molecule has 2 heterocycles. The zero-order valence-corrected chi connectivity index (χ0v) is 18.2. The number of carbonyl (C=O) groups is 1. The number of fused-ring (bicyclic) bond motifs is 2. The van der Waals surface area contributed by atoms with Gasteiger partial charge in [-0.3, -0.25) is 9.69 Å². The van der Waals surface area contributed by atoms with Crippen LogP contribution in [0.15, 0.2) is 30.5 Å². The van der Waals surface area contributed by atoms with E-state index in [9.17, 15) is 9.90 Å². The standard InChI is InChI=1S/C25H32N2O3/c1-15(2)27-14-16-12-23-21(20-5-4-6-22(27)24(16)20)11-17(13-26(23)3)25(29)30-19-9-7-18(28)8-10-19/h4-6,11,14-15,17-19,23,28H,7-10,12-13H2,1-3H3/t17-,18-,19-,23-/m1/s1. The molecule has 2 aromatic rings. The molecule has 0 unspecified atom stereocenters. The topological polar surface area (TPSA) is 54.7 Å². The number of nitrogens with zero attached hydrogens (tertiary/aromatic N) is 2. The van der Waals surface area contributed by atoms with E-state index in [1.165, 1.54) is 27.6 Å². The maximum absolute atomic E-state index is 13.0. The Morgan fingerprint density at radius 1 is 1.20 bits per heavy atom. The minimum atomic E-state index is -0.239. The minimum Gasteiger partial charge on any atom is -0.462 e. The van der Waals surface area contributed by atoms with Crippen LogP contribution in [0.3, 0.4) is 0 Å². The van der Waals surface area contributed by atoms with Gasteiger partial charge in [0.1, 0.15) is 6.10 Å². The van der Waals surface area contributed by atoms with Crippen LogP contribution in [0, 0.1) is 5.92 Å². The molecule has 2 atom stereocenters. The van der Waals surface area contributed by atoms with Gasteiger partial charge >= 0.3 is 5.97 Å². The van der Waals surface area contributed by atoms with E-state index in [-0.39, 0.29) is 24.1 Å². The third-order valence-corrected chi connectivity index (χ3v) is 7.20. The minimum absolute atomic E-state index is 0.0520. The zero-order valence-electron chi connectivity index (χ0n) is 18.2. The Bertz CT molecular complexity index is 997. The van der Waals surface area contributed by atoms with Gasteiger partial charge in [-0.15, -0.1) is 0 Å². The highest BCUT2D eigenvalue weighted by atomic mass is 16.5. The van der Waals surface area contributed by atoms with Crippen LogP contribution in [-0.4, -0.2) is 52.4 Å². The highest BCUT2D eigenvalue weighted by Crippen LogP contribution is 2.42. The molecule has 3 aliphatic rings. The Morgan fingerprint density at radius 3 is 2.70 bits per heavy atom. The average Bonchev–Trinajstić information content (AvgIpc) is 3.10. The number of rotatable bonds is 3. The van der Waals surface area contributed by atoms with Crippen LogP contribution in [0.4, 0.5) is 0 Å². The van der Waals surface area contributed by atoms with Gasteiger partial charge in [0, 0.05) is 35.7 Å². The number of hydrogen-bond acceptors (Lipinski definition) is 4. The molecule has 1 aromatic carbocycles. The first-order chi connectivity index (χ1) is 14.4. The van der Waals surface area contributed by atoms with Crippen molar-refractivity contribution in [3.05, 3.63) is 41.6 Å². The van der Waals surface area contributed by atoms with Gasteiger partial charge in [0.25, 0.3) is 0 Å². The van der Waals surface area contributed by atoms with Crippen molar-refractivity contribution in [1.82, 2.24) is 9.47 Å². The lowest BCUT2D eigenvalue weighted by Crippen LogP contribution is -2.45. The second kappa shape index (κ2) is 7.54. The third kappa shape index (κ3) is 3.28. The number of benzene rings is 1. The Labute approximate surface area is 178 Å². The van der Waals surface area contributed by atoms with E-state index in [4.69, 9.17) is 4.74 Å². The van der Waals surface area contributed by atoms with Crippen LogP contribution < -0.4 is 0 Å². The number of aliphatic hydroxyl groups excluding tert-OH is 1. The second-order valence-electron chi connectivity index (χ2n) is 9.61. The van der Waals surface area contributed by atoms with Crippen molar-refractivity contribution in [3.63, 3.8) is 0 Å². The molecule has 0 amide bonds. The summed E-state index contributed by atoms with van der Waals surface area (Å²) >= 11 is 0. The first-order valence-corrected chi connectivity index (χ1v) is 11.4.